The standard InChI is InChI=1S/C17H26O3/c1-3-5-12-18-15-9-7-14(8-10-15)17-19-13-11-16(20-17)6-4-2/h7-10,16-17H,3-6,11-13H2,1-2H3. The average molecular weight is 278 g/mol. The van der Waals surface area contributed by atoms with Gasteiger partial charge in [-0.2, -0.15) is 0 Å². The first-order valence-corrected chi connectivity index (χ1v) is 7.83. The number of hydrogen-bond donors (Lipinski definition) is 0. The SMILES string of the molecule is CCCCOc1ccc(C2OCCC(CCC)O2)cc1. The Bertz CT molecular complexity index is 372. The molecule has 1 heterocycles. The highest BCUT2D eigenvalue weighted by Gasteiger charge is 2.23. The van der Waals surface area contributed by atoms with Crippen LogP contribution in [0, 0.1) is 0 Å². The van der Waals surface area contributed by atoms with E-state index in [0.29, 0.717) is 6.10 Å². The molecule has 1 saturated heterocycles. The highest BCUT2D eigenvalue weighted by molar-refractivity contribution is 5.28. The minimum atomic E-state index is -0.218. The summed E-state index contributed by atoms with van der Waals surface area (Å²) in [4.78, 5) is 0. The summed E-state index contributed by atoms with van der Waals surface area (Å²) < 4.78 is 17.4. The van der Waals surface area contributed by atoms with E-state index in [1.54, 1.807) is 0 Å². The third kappa shape index (κ3) is 4.50. The first-order chi connectivity index (χ1) is 9.83. The predicted molar refractivity (Wildman–Crippen MR) is 79.9 cm³/mol. The molecule has 1 aromatic rings. The molecule has 1 aliphatic heterocycles. The predicted octanol–water partition coefficient (Wildman–Crippen LogP) is 4.47. The molecule has 2 rings (SSSR count). The summed E-state index contributed by atoms with van der Waals surface area (Å²) >= 11 is 0. The summed E-state index contributed by atoms with van der Waals surface area (Å²) in [6.07, 6.45) is 5.63. The zero-order chi connectivity index (χ0) is 14.2. The topological polar surface area (TPSA) is 27.7 Å². The molecule has 0 N–H and O–H groups in total. The van der Waals surface area contributed by atoms with Gasteiger partial charge in [-0.1, -0.05) is 38.8 Å². The van der Waals surface area contributed by atoms with Crippen molar-refractivity contribution in [2.75, 3.05) is 13.2 Å². The Morgan fingerprint density at radius 1 is 1.15 bits per heavy atom. The fourth-order valence-corrected chi connectivity index (χ4v) is 2.35. The Labute approximate surface area is 122 Å². The minimum absolute atomic E-state index is 0.218. The Morgan fingerprint density at radius 3 is 2.65 bits per heavy atom. The third-order valence-corrected chi connectivity index (χ3v) is 3.55. The minimum Gasteiger partial charge on any atom is -0.494 e. The molecule has 3 heteroatoms. The molecule has 20 heavy (non-hydrogen) atoms. The number of benzene rings is 1. The van der Waals surface area contributed by atoms with E-state index < -0.39 is 0 Å². The molecule has 1 fully saturated rings. The van der Waals surface area contributed by atoms with E-state index in [-0.39, 0.29) is 6.29 Å². The largest absolute Gasteiger partial charge is 0.494 e. The van der Waals surface area contributed by atoms with Gasteiger partial charge in [-0.3, -0.25) is 0 Å². The Hall–Kier alpha value is -1.06. The zero-order valence-electron chi connectivity index (χ0n) is 12.6. The van der Waals surface area contributed by atoms with Crippen molar-refractivity contribution in [1.29, 1.82) is 0 Å². The lowest BCUT2D eigenvalue weighted by molar-refractivity contribution is -0.218. The molecule has 1 aromatic carbocycles. The highest BCUT2D eigenvalue weighted by atomic mass is 16.7. The molecule has 3 nitrogen and oxygen atoms in total. The van der Waals surface area contributed by atoms with Gasteiger partial charge in [0.05, 0.1) is 19.3 Å². The smallest absolute Gasteiger partial charge is 0.184 e. The molecule has 0 aliphatic carbocycles. The number of hydrogen-bond acceptors (Lipinski definition) is 3. The monoisotopic (exact) mass is 278 g/mol. The maximum absolute atomic E-state index is 5.99. The molecule has 0 amide bonds. The molecule has 0 saturated carbocycles. The molecule has 112 valence electrons. The van der Waals surface area contributed by atoms with Crippen molar-refractivity contribution in [3.8, 4) is 5.75 Å². The van der Waals surface area contributed by atoms with Crippen LogP contribution in [0.4, 0.5) is 0 Å². The second kappa shape index (κ2) is 8.28. The summed E-state index contributed by atoms with van der Waals surface area (Å²) in [7, 11) is 0. The van der Waals surface area contributed by atoms with Crippen LogP contribution in [-0.2, 0) is 9.47 Å². The van der Waals surface area contributed by atoms with Crippen molar-refractivity contribution in [2.45, 2.75) is 58.3 Å². The second-order valence-electron chi connectivity index (χ2n) is 5.31. The lowest BCUT2D eigenvalue weighted by Gasteiger charge is -2.30. The van der Waals surface area contributed by atoms with Crippen LogP contribution in [0.5, 0.6) is 5.75 Å². The van der Waals surface area contributed by atoms with E-state index in [4.69, 9.17) is 14.2 Å². The van der Waals surface area contributed by atoms with Gasteiger partial charge >= 0.3 is 0 Å². The van der Waals surface area contributed by atoms with Crippen molar-refractivity contribution in [3.05, 3.63) is 29.8 Å². The summed E-state index contributed by atoms with van der Waals surface area (Å²) in [5.41, 5.74) is 1.08. The van der Waals surface area contributed by atoms with E-state index in [0.717, 1.165) is 56.6 Å². The van der Waals surface area contributed by atoms with Crippen molar-refractivity contribution >= 4 is 0 Å². The van der Waals surface area contributed by atoms with Gasteiger partial charge < -0.3 is 14.2 Å². The van der Waals surface area contributed by atoms with E-state index in [9.17, 15) is 0 Å². The first kappa shape index (κ1) is 15.3. The highest BCUT2D eigenvalue weighted by Crippen LogP contribution is 2.29. The Morgan fingerprint density at radius 2 is 1.95 bits per heavy atom. The van der Waals surface area contributed by atoms with Crippen LogP contribution in [-0.4, -0.2) is 19.3 Å². The summed E-state index contributed by atoms with van der Waals surface area (Å²) in [5, 5.41) is 0. The fourth-order valence-electron chi connectivity index (χ4n) is 2.35. The molecule has 1 aliphatic rings. The van der Waals surface area contributed by atoms with Gasteiger partial charge in [0.25, 0.3) is 0 Å². The molecule has 0 bridgehead atoms. The van der Waals surface area contributed by atoms with Crippen LogP contribution in [0.15, 0.2) is 24.3 Å². The Balaban J connectivity index is 1.88. The zero-order valence-corrected chi connectivity index (χ0v) is 12.6. The number of ether oxygens (including phenoxy) is 3. The van der Waals surface area contributed by atoms with Crippen molar-refractivity contribution in [1.82, 2.24) is 0 Å². The molecule has 0 spiro atoms. The average Bonchev–Trinajstić information content (AvgIpc) is 2.49. The van der Waals surface area contributed by atoms with Crippen LogP contribution in [0.3, 0.4) is 0 Å². The lowest BCUT2D eigenvalue weighted by atomic mass is 10.1. The maximum Gasteiger partial charge on any atom is 0.184 e. The number of unbranched alkanes of at least 4 members (excludes halogenated alkanes) is 1. The van der Waals surface area contributed by atoms with E-state index >= 15 is 0 Å². The summed E-state index contributed by atoms with van der Waals surface area (Å²) in [6, 6.07) is 8.09. The van der Waals surface area contributed by atoms with Crippen molar-refractivity contribution in [3.63, 3.8) is 0 Å². The maximum atomic E-state index is 5.99. The number of rotatable bonds is 7. The van der Waals surface area contributed by atoms with E-state index in [1.807, 2.05) is 24.3 Å². The third-order valence-electron chi connectivity index (χ3n) is 3.55. The van der Waals surface area contributed by atoms with E-state index in [2.05, 4.69) is 13.8 Å². The van der Waals surface area contributed by atoms with Gasteiger partial charge in [0.2, 0.25) is 0 Å². The van der Waals surface area contributed by atoms with E-state index in [1.165, 1.54) is 0 Å². The van der Waals surface area contributed by atoms with Crippen molar-refractivity contribution in [2.24, 2.45) is 0 Å². The molecular formula is C17H26O3. The molecule has 0 radical (unpaired) electrons. The van der Waals surface area contributed by atoms with Crippen LogP contribution < -0.4 is 4.74 Å². The van der Waals surface area contributed by atoms with Crippen LogP contribution >= 0.6 is 0 Å². The Kier molecular flexibility index (Phi) is 6.34. The molecule has 2 atom stereocenters. The van der Waals surface area contributed by atoms with Crippen LogP contribution in [0.2, 0.25) is 0 Å². The van der Waals surface area contributed by atoms with Crippen LogP contribution in [0.1, 0.15) is 57.8 Å². The molecule has 2 unspecified atom stereocenters. The fraction of sp³-hybridized carbons (Fsp3) is 0.647. The summed E-state index contributed by atoms with van der Waals surface area (Å²) in [6.45, 7) is 5.92. The quantitative estimate of drug-likeness (QED) is 0.689. The van der Waals surface area contributed by atoms with Gasteiger partial charge in [0.15, 0.2) is 6.29 Å². The van der Waals surface area contributed by atoms with Gasteiger partial charge in [0, 0.05) is 5.56 Å². The van der Waals surface area contributed by atoms with Gasteiger partial charge in [0.1, 0.15) is 5.75 Å². The van der Waals surface area contributed by atoms with Gasteiger partial charge in [-0.25, -0.2) is 0 Å². The van der Waals surface area contributed by atoms with Gasteiger partial charge in [-0.05, 0) is 31.4 Å². The molecular weight excluding hydrogens is 252 g/mol. The van der Waals surface area contributed by atoms with Crippen LogP contribution in [0.25, 0.3) is 0 Å². The second-order valence-corrected chi connectivity index (χ2v) is 5.31. The molecule has 0 aromatic heterocycles. The normalized spacial score (nSPS) is 22.7. The van der Waals surface area contributed by atoms with Crippen molar-refractivity contribution < 1.29 is 14.2 Å². The summed E-state index contributed by atoms with van der Waals surface area (Å²) in [5.74, 6) is 0.920. The first-order valence-electron chi connectivity index (χ1n) is 7.83. The van der Waals surface area contributed by atoms with Gasteiger partial charge in [-0.15, -0.1) is 0 Å². The lowest BCUT2D eigenvalue weighted by Crippen LogP contribution is -2.26.